The van der Waals surface area contributed by atoms with E-state index in [1.807, 2.05) is 0 Å². The molecule has 1 rings (SSSR count). The first-order valence-electron chi connectivity index (χ1n) is 7.96. The van der Waals surface area contributed by atoms with Gasteiger partial charge < -0.3 is 9.47 Å². The van der Waals surface area contributed by atoms with E-state index in [0.29, 0.717) is 25.8 Å². The van der Waals surface area contributed by atoms with Crippen molar-refractivity contribution < 1.29 is 23.9 Å². The lowest BCUT2D eigenvalue weighted by Crippen LogP contribution is -2.54. The average Bonchev–Trinajstić information content (AvgIpc) is 2.82. The summed E-state index contributed by atoms with van der Waals surface area (Å²) in [7, 11) is 0. The topological polar surface area (TPSA) is 72.9 Å². The Bertz CT molecular complexity index is 480. The molecule has 0 N–H and O–H groups in total. The largest absolute Gasteiger partial charge is 0.466 e. The number of Topliss-reactive ketones (excluding diaryl/α,β-unsaturated/α-hetero) is 1. The van der Waals surface area contributed by atoms with Crippen molar-refractivity contribution in [2.75, 3.05) is 13.2 Å². The average molecular weight is 325 g/mol. The van der Waals surface area contributed by atoms with Crippen LogP contribution in [0.3, 0.4) is 0 Å². The van der Waals surface area contributed by atoms with Gasteiger partial charge in [0.15, 0.2) is 5.78 Å². The summed E-state index contributed by atoms with van der Waals surface area (Å²) in [6, 6.07) is 0. The zero-order valence-corrected chi connectivity index (χ0v) is 14.5. The van der Waals surface area contributed by atoms with Crippen molar-refractivity contribution in [1.29, 1.82) is 0 Å². The number of ether oxygens (including phenoxy) is 2. The number of likely N-dealkylation sites (tertiary alicyclic amines) is 1. The summed E-state index contributed by atoms with van der Waals surface area (Å²) in [5.74, 6) is -0.892. The van der Waals surface area contributed by atoms with Crippen LogP contribution in [0, 0.1) is 0 Å². The Hall–Kier alpha value is -1.85. The van der Waals surface area contributed by atoms with Crippen LogP contribution in [-0.2, 0) is 19.1 Å². The van der Waals surface area contributed by atoms with Gasteiger partial charge in [0.1, 0.15) is 17.6 Å². The van der Waals surface area contributed by atoms with Crippen molar-refractivity contribution in [3.05, 3.63) is 12.7 Å². The van der Waals surface area contributed by atoms with Gasteiger partial charge in [-0.05, 0) is 47.0 Å². The van der Waals surface area contributed by atoms with Crippen molar-refractivity contribution in [3.63, 3.8) is 0 Å². The molecule has 1 aliphatic heterocycles. The van der Waals surface area contributed by atoms with Gasteiger partial charge in [0.05, 0.1) is 6.61 Å². The Morgan fingerprint density at radius 1 is 1.30 bits per heavy atom. The highest BCUT2D eigenvalue weighted by Crippen LogP contribution is 2.36. The molecule has 1 amide bonds. The lowest BCUT2D eigenvalue weighted by Gasteiger charge is -2.37. The minimum atomic E-state index is -1.06. The fourth-order valence-corrected chi connectivity index (χ4v) is 2.82. The summed E-state index contributed by atoms with van der Waals surface area (Å²) < 4.78 is 10.3. The number of nitrogens with zero attached hydrogens (tertiary/aromatic N) is 1. The van der Waals surface area contributed by atoms with Crippen LogP contribution in [-0.4, -0.2) is 47.0 Å². The molecule has 0 saturated carbocycles. The third-order valence-corrected chi connectivity index (χ3v) is 3.71. The van der Waals surface area contributed by atoms with Crippen LogP contribution < -0.4 is 0 Å². The number of carbonyl (C=O) groups is 3. The molecule has 0 bridgehead atoms. The molecule has 1 fully saturated rings. The number of amides is 1. The molecule has 1 unspecified atom stereocenters. The molecule has 0 aliphatic carbocycles. The van der Waals surface area contributed by atoms with Gasteiger partial charge in [-0.15, -0.1) is 6.58 Å². The minimum absolute atomic E-state index is 0.219. The van der Waals surface area contributed by atoms with E-state index in [2.05, 4.69) is 6.58 Å². The molecule has 6 nitrogen and oxygen atoms in total. The van der Waals surface area contributed by atoms with Crippen LogP contribution in [0.15, 0.2) is 12.7 Å². The molecule has 130 valence electrons. The fraction of sp³-hybridized carbons (Fsp3) is 0.706. The number of ketones is 1. The highest BCUT2D eigenvalue weighted by atomic mass is 16.6. The fourth-order valence-electron chi connectivity index (χ4n) is 2.82. The standard InChI is InChI=1S/C17H27NO5/c1-6-9-17(13(19)12-14(20)22-7-2)10-8-11-18(17)15(21)23-16(3,4)5/h6H,1,7-12H2,2-5H3. The molecular formula is C17H27NO5. The van der Waals surface area contributed by atoms with Crippen molar-refractivity contribution in [2.45, 2.75) is 64.5 Å². The van der Waals surface area contributed by atoms with Crippen LogP contribution >= 0.6 is 0 Å². The number of hydrogen-bond acceptors (Lipinski definition) is 5. The first kappa shape index (κ1) is 19.2. The first-order valence-corrected chi connectivity index (χ1v) is 7.96. The van der Waals surface area contributed by atoms with E-state index < -0.39 is 23.2 Å². The van der Waals surface area contributed by atoms with Gasteiger partial charge >= 0.3 is 12.1 Å². The molecule has 1 saturated heterocycles. The number of hydrogen-bond donors (Lipinski definition) is 0. The monoisotopic (exact) mass is 325 g/mol. The van der Waals surface area contributed by atoms with Gasteiger partial charge in [-0.2, -0.15) is 0 Å². The smallest absolute Gasteiger partial charge is 0.411 e. The predicted octanol–water partition coefficient (Wildman–Crippen LogP) is 2.85. The van der Waals surface area contributed by atoms with Crippen LogP contribution in [0.5, 0.6) is 0 Å². The van der Waals surface area contributed by atoms with Crippen molar-refractivity contribution in [1.82, 2.24) is 4.90 Å². The normalized spacial score (nSPS) is 21.0. The van der Waals surface area contributed by atoms with E-state index in [1.165, 1.54) is 4.90 Å². The molecule has 23 heavy (non-hydrogen) atoms. The molecule has 0 aromatic rings. The second-order valence-corrected chi connectivity index (χ2v) is 6.66. The summed E-state index contributed by atoms with van der Waals surface area (Å²) in [4.78, 5) is 38.3. The molecule has 0 aromatic heterocycles. The van der Waals surface area contributed by atoms with E-state index in [9.17, 15) is 14.4 Å². The third kappa shape index (κ3) is 4.81. The second-order valence-electron chi connectivity index (χ2n) is 6.66. The maximum Gasteiger partial charge on any atom is 0.411 e. The predicted molar refractivity (Wildman–Crippen MR) is 86.0 cm³/mol. The van der Waals surface area contributed by atoms with Gasteiger partial charge in [-0.1, -0.05) is 6.08 Å². The SMILES string of the molecule is C=CCC1(C(=O)CC(=O)OCC)CCCN1C(=O)OC(C)(C)C. The highest BCUT2D eigenvalue weighted by molar-refractivity contribution is 6.02. The Labute approximate surface area is 137 Å². The first-order chi connectivity index (χ1) is 10.7. The minimum Gasteiger partial charge on any atom is -0.466 e. The highest BCUT2D eigenvalue weighted by Gasteiger charge is 2.50. The van der Waals surface area contributed by atoms with Crippen molar-refractivity contribution in [2.24, 2.45) is 0 Å². The van der Waals surface area contributed by atoms with Crippen LogP contribution in [0.4, 0.5) is 4.79 Å². The summed E-state index contributed by atoms with van der Waals surface area (Å²) >= 11 is 0. The zero-order valence-electron chi connectivity index (χ0n) is 14.5. The second kappa shape index (κ2) is 7.62. The van der Waals surface area contributed by atoms with Gasteiger partial charge in [-0.25, -0.2) is 4.79 Å². The molecule has 0 spiro atoms. The quantitative estimate of drug-likeness (QED) is 0.426. The van der Waals surface area contributed by atoms with E-state index in [4.69, 9.17) is 9.47 Å². The summed E-state index contributed by atoms with van der Waals surface area (Å²) in [5.41, 5.74) is -1.71. The van der Waals surface area contributed by atoms with Crippen LogP contribution in [0.2, 0.25) is 0 Å². The summed E-state index contributed by atoms with van der Waals surface area (Å²) in [5, 5.41) is 0. The zero-order chi connectivity index (χ0) is 17.7. The molecular weight excluding hydrogens is 298 g/mol. The van der Waals surface area contributed by atoms with Crippen LogP contribution in [0.1, 0.15) is 53.4 Å². The van der Waals surface area contributed by atoms with Gasteiger partial charge in [0.25, 0.3) is 0 Å². The third-order valence-electron chi connectivity index (χ3n) is 3.71. The summed E-state index contributed by atoms with van der Waals surface area (Å²) in [6.07, 6.45) is 2.20. The lowest BCUT2D eigenvalue weighted by molar-refractivity contribution is -0.148. The molecule has 1 heterocycles. The number of esters is 1. The van der Waals surface area contributed by atoms with E-state index >= 15 is 0 Å². The van der Waals surface area contributed by atoms with E-state index in [0.717, 1.165) is 0 Å². The number of carbonyl (C=O) groups excluding carboxylic acids is 3. The maximum atomic E-state index is 12.7. The molecule has 1 aliphatic rings. The molecule has 1 atom stereocenters. The number of rotatable bonds is 6. The Balaban J connectivity index is 3.00. The van der Waals surface area contributed by atoms with E-state index in [-0.39, 0.29) is 18.8 Å². The molecule has 0 aromatic carbocycles. The van der Waals surface area contributed by atoms with Gasteiger partial charge in [0.2, 0.25) is 0 Å². The van der Waals surface area contributed by atoms with Crippen molar-refractivity contribution >= 4 is 17.8 Å². The van der Waals surface area contributed by atoms with Crippen molar-refractivity contribution in [3.8, 4) is 0 Å². The molecule has 6 heteroatoms. The Morgan fingerprint density at radius 2 is 1.96 bits per heavy atom. The van der Waals surface area contributed by atoms with Gasteiger partial charge in [0, 0.05) is 6.54 Å². The Morgan fingerprint density at radius 3 is 2.48 bits per heavy atom. The summed E-state index contributed by atoms with van der Waals surface area (Å²) in [6.45, 7) is 11.3. The lowest BCUT2D eigenvalue weighted by atomic mass is 9.85. The van der Waals surface area contributed by atoms with Gasteiger partial charge in [-0.3, -0.25) is 14.5 Å². The maximum absolute atomic E-state index is 12.7. The van der Waals surface area contributed by atoms with E-state index in [1.54, 1.807) is 33.8 Å². The van der Waals surface area contributed by atoms with Crippen LogP contribution in [0.25, 0.3) is 0 Å². The Kier molecular flexibility index (Phi) is 6.36. The molecule has 0 radical (unpaired) electrons.